The molecule has 1 amide bonds. The molecule has 2 aromatic rings. The van der Waals surface area contributed by atoms with E-state index in [9.17, 15) is 23.7 Å². The molecule has 0 saturated heterocycles. The van der Waals surface area contributed by atoms with Crippen molar-refractivity contribution in [2.45, 2.75) is 0 Å². The van der Waals surface area contributed by atoms with Crippen molar-refractivity contribution in [3.63, 3.8) is 0 Å². The Morgan fingerprint density at radius 3 is 2.43 bits per heavy atom. The van der Waals surface area contributed by atoms with Crippen LogP contribution in [0.1, 0.15) is 10.4 Å². The maximum atomic E-state index is 13.7. The first-order valence-electron chi connectivity index (χ1n) is 5.46. The molecule has 0 aliphatic carbocycles. The standard InChI is InChI=1S/C12H6ClF2N3O3/c13-9-2-1-3-10(16-9)17-12(19)11-7(14)4-6(18(20)21)5-8(11)15/h1-5H,(H,16,17,19). The van der Waals surface area contributed by atoms with Crippen molar-refractivity contribution < 1.29 is 18.5 Å². The Labute approximate surface area is 121 Å². The lowest BCUT2D eigenvalue weighted by atomic mass is 10.1. The van der Waals surface area contributed by atoms with E-state index in [2.05, 4.69) is 10.3 Å². The summed E-state index contributed by atoms with van der Waals surface area (Å²) in [6, 6.07) is 5.22. The number of halogens is 3. The van der Waals surface area contributed by atoms with Gasteiger partial charge in [-0.25, -0.2) is 13.8 Å². The molecule has 1 heterocycles. The number of carbonyl (C=O) groups excluding carboxylic acids is 1. The first-order chi connectivity index (χ1) is 9.88. The van der Waals surface area contributed by atoms with Gasteiger partial charge in [0.2, 0.25) is 0 Å². The second-order valence-corrected chi connectivity index (χ2v) is 4.23. The smallest absolute Gasteiger partial charge is 0.275 e. The van der Waals surface area contributed by atoms with E-state index < -0.39 is 33.7 Å². The maximum Gasteiger partial charge on any atom is 0.275 e. The molecule has 1 N–H and O–H groups in total. The minimum Gasteiger partial charge on any atom is -0.306 e. The number of nitrogens with one attached hydrogen (secondary N) is 1. The molecule has 1 aromatic carbocycles. The number of aromatic nitrogens is 1. The van der Waals surface area contributed by atoms with Crippen LogP contribution in [-0.4, -0.2) is 15.8 Å². The van der Waals surface area contributed by atoms with Gasteiger partial charge in [-0.05, 0) is 12.1 Å². The molecule has 0 spiro atoms. The number of anilines is 1. The molecule has 0 bridgehead atoms. The maximum absolute atomic E-state index is 13.7. The van der Waals surface area contributed by atoms with E-state index in [1.807, 2.05) is 0 Å². The zero-order chi connectivity index (χ0) is 15.6. The van der Waals surface area contributed by atoms with Crippen molar-refractivity contribution in [3.05, 3.63) is 62.8 Å². The topological polar surface area (TPSA) is 85.1 Å². The van der Waals surface area contributed by atoms with Crippen LogP contribution < -0.4 is 5.32 Å². The fourth-order valence-corrected chi connectivity index (χ4v) is 1.70. The van der Waals surface area contributed by atoms with Crippen molar-refractivity contribution in [3.8, 4) is 0 Å². The molecule has 108 valence electrons. The normalized spacial score (nSPS) is 10.2. The summed E-state index contributed by atoms with van der Waals surface area (Å²) in [7, 11) is 0. The van der Waals surface area contributed by atoms with Gasteiger partial charge < -0.3 is 5.32 Å². The van der Waals surface area contributed by atoms with Crippen LogP contribution in [0, 0.1) is 21.7 Å². The first-order valence-corrected chi connectivity index (χ1v) is 5.83. The van der Waals surface area contributed by atoms with Crippen molar-refractivity contribution in [2.24, 2.45) is 0 Å². The summed E-state index contributed by atoms with van der Waals surface area (Å²) in [5.41, 5.74) is -1.73. The molecule has 2 rings (SSSR count). The number of amides is 1. The third-order valence-electron chi connectivity index (χ3n) is 2.42. The molecule has 0 unspecified atom stereocenters. The first kappa shape index (κ1) is 14.8. The molecule has 0 fully saturated rings. The summed E-state index contributed by atoms with van der Waals surface area (Å²) >= 11 is 5.61. The number of hydrogen-bond acceptors (Lipinski definition) is 4. The lowest BCUT2D eigenvalue weighted by molar-refractivity contribution is -0.385. The highest BCUT2D eigenvalue weighted by Crippen LogP contribution is 2.21. The van der Waals surface area contributed by atoms with Crippen LogP contribution in [0.15, 0.2) is 30.3 Å². The number of hydrogen-bond donors (Lipinski definition) is 1. The summed E-state index contributed by atoms with van der Waals surface area (Å²) in [6.07, 6.45) is 0. The highest BCUT2D eigenvalue weighted by Gasteiger charge is 2.22. The van der Waals surface area contributed by atoms with Crippen LogP contribution in [0.4, 0.5) is 20.3 Å². The van der Waals surface area contributed by atoms with Gasteiger partial charge in [-0.1, -0.05) is 17.7 Å². The average Bonchev–Trinajstić information content (AvgIpc) is 2.37. The van der Waals surface area contributed by atoms with Gasteiger partial charge in [0, 0.05) is 0 Å². The molecule has 0 atom stereocenters. The number of non-ortho nitro benzene ring substituents is 1. The quantitative estimate of drug-likeness (QED) is 0.536. The van der Waals surface area contributed by atoms with Crippen LogP contribution in [0.5, 0.6) is 0 Å². The predicted molar refractivity (Wildman–Crippen MR) is 70.2 cm³/mol. The van der Waals surface area contributed by atoms with Gasteiger partial charge in [0.25, 0.3) is 11.6 Å². The molecule has 21 heavy (non-hydrogen) atoms. The SMILES string of the molecule is O=C(Nc1cccc(Cl)n1)c1c(F)cc([N+](=O)[O-])cc1F. The predicted octanol–water partition coefficient (Wildman–Crippen LogP) is 3.17. The number of nitro groups is 1. The molecule has 6 nitrogen and oxygen atoms in total. The largest absolute Gasteiger partial charge is 0.306 e. The molecule has 0 saturated carbocycles. The fourth-order valence-electron chi connectivity index (χ4n) is 1.54. The Kier molecular flexibility index (Phi) is 4.08. The molecule has 0 aliphatic rings. The van der Waals surface area contributed by atoms with Crippen LogP contribution in [0.2, 0.25) is 5.15 Å². The van der Waals surface area contributed by atoms with Gasteiger partial charge in [-0.15, -0.1) is 0 Å². The van der Waals surface area contributed by atoms with Crippen LogP contribution in [-0.2, 0) is 0 Å². The molecular formula is C12H6ClF2N3O3. The monoisotopic (exact) mass is 313 g/mol. The third-order valence-corrected chi connectivity index (χ3v) is 2.63. The number of nitro benzene ring substituents is 1. The highest BCUT2D eigenvalue weighted by atomic mass is 35.5. The number of nitrogens with zero attached hydrogens (tertiary/aromatic N) is 2. The van der Waals surface area contributed by atoms with Gasteiger partial charge in [0.15, 0.2) is 0 Å². The Hall–Kier alpha value is -2.61. The van der Waals surface area contributed by atoms with Crippen LogP contribution in [0.3, 0.4) is 0 Å². The van der Waals surface area contributed by atoms with Crippen molar-refractivity contribution in [1.82, 2.24) is 4.98 Å². The van der Waals surface area contributed by atoms with E-state index in [-0.39, 0.29) is 11.0 Å². The van der Waals surface area contributed by atoms with Crippen LogP contribution >= 0.6 is 11.6 Å². The van der Waals surface area contributed by atoms with Gasteiger partial charge in [0.1, 0.15) is 28.2 Å². The van der Waals surface area contributed by atoms with E-state index in [0.717, 1.165) is 0 Å². The van der Waals surface area contributed by atoms with Gasteiger partial charge in [-0.3, -0.25) is 14.9 Å². The summed E-state index contributed by atoms with van der Waals surface area (Å²) < 4.78 is 27.3. The zero-order valence-electron chi connectivity index (χ0n) is 10.1. The summed E-state index contributed by atoms with van der Waals surface area (Å²) in [5, 5.41) is 12.7. The minimum atomic E-state index is -1.35. The highest BCUT2D eigenvalue weighted by molar-refractivity contribution is 6.29. The summed E-state index contributed by atoms with van der Waals surface area (Å²) in [4.78, 5) is 25.0. The van der Waals surface area contributed by atoms with Gasteiger partial charge in [0.05, 0.1) is 17.1 Å². The van der Waals surface area contributed by atoms with Gasteiger partial charge in [-0.2, -0.15) is 0 Å². The molecule has 0 radical (unpaired) electrons. The molecule has 0 aliphatic heterocycles. The van der Waals surface area contributed by atoms with Gasteiger partial charge >= 0.3 is 0 Å². The number of rotatable bonds is 3. The zero-order valence-corrected chi connectivity index (χ0v) is 10.9. The molecule has 9 heteroatoms. The lowest BCUT2D eigenvalue weighted by Crippen LogP contribution is -2.17. The average molecular weight is 314 g/mol. The van der Waals surface area contributed by atoms with E-state index in [1.54, 1.807) is 0 Å². The number of benzene rings is 1. The third kappa shape index (κ3) is 3.29. The Morgan fingerprint density at radius 1 is 1.29 bits per heavy atom. The second kappa shape index (κ2) is 5.80. The Bertz CT molecular complexity index is 716. The van der Waals surface area contributed by atoms with E-state index in [4.69, 9.17) is 11.6 Å². The number of carbonyl (C=O) groups is 1. The summed E-state index contributed by atoms with van der Waals surface area (Å²) in [6.45, 7) is 0. The second-order valence-electron chi connectivity index (χ2n) is 3.84. The molecular weight excluding hydrogens is 308 g/mol. The summed E-state index contributed by atoms with van der Waals surface area (Å²) in [5.74, 6) is -3.83. The Balaban J connectivity index is 2.33. The minimum absolute atomic E-state index is 0.00958. The van der Waals surface area contributed by atoms with E-state index >= 15 is 0 Å². The van der Waals surface area contributed by atoms with Crippen LogP contribution in [0.25, 0.3) is 0 Å². The number of pyridine rings is 1. The Morgan fingerprint density at radius 2 is 1.90 bits per heavy atom. The molecule has 1 aromatic heterocycles. The van der Waals surface area contributed by atoms with Crippen molar-refractivity contribution >= 4 is 29.0 Å². The fraction of sp³-hybridized carbons (Fsp3) is 0. The van der Waals surface area contributed by atoms with Crippen molar-refractivity contribution in [1.29, 1.82) is 0 Å². The van der Waals surface area contributed by atoms with Crippen molar-refractivity contribution in [2.75, 3.05) is 5.32 Å². The lowest BCUT2D eigenvalue weighted by Gasteiger charge is -2.06. The van der Waals surface area contributed by atoms with E-state index in [0.29, 0.717) is 12.1 Å². The van der Waals surface area contributed by atoms with E-state index in [1.165, 1.54) is 18.2 Å².